The fraction of sp³-hybridized carbons (Fsp3) is 0.333. The summed E-state index contributed by atoms with van der Waals surface area (Å²) in [6.07, 6.45) is 2.55. The number of aryl methyl sites for hydroxylation is 1. The molecule has 0 saturated carbocycles. The van der Waals surface area contributed by atoms with Gasteiger partial charge in [0.25, 0.3) is 11.8 Å². The van der Waals surface area contributed by atoms with Gasteiger partial charge < -0.3 is 19.6 Å². The molecule has 9 heteroatoms. The molecule has 33 heavy (non-hydrogen) atoms. The third kappa shape index (κ3) is 5.51. The molecule has 172 valence electrons. The lowest BCUT2D eigenvalue weighted by molar-refractivity contribution is 0.0793. The number of benzene rings is 2. The van der Waals surface area contributed by atoms with Crippen LogP contribution in [0.4, 0.5) is 10.5 Å². The number of likely N-dealkylation sites (N-methyl/N-ethyl adjacent to an activating group) is 1. The number of amides is 3. The van der Waals surface area contributed by atoms with Gasteiger partial charge in [-0.15, -0.1) is 0 Å². The van der Waals surface area contributed by atoms with Crippen LogP contribution < -0.4 is 5.32 Å². The summed E-state index contributed by atoms with van der Waals surface area (Å²) in [5.74, 6) is 0.928. The van der Waals surface area contributed by atoms with E-state index < -0.39 is 0 Å². The summed E-state index contributed by atoms with van der Waals surface area (Å²) in [6.45, 7) is 3.97. The molecular formula is C24H26ClN5O3. The second-order valence-corrected chi connectivity index (χ2v) is 8.58. The van der Waals surface area contributed by atoms with Gasteiger partial charge in [-0.2, -0.15) is 4.98 Å². The third-order valence-corrected chi connectivity index (χ3v) is 5.94. The molecule has 2 aromatic carbocycles. The Hall–Kier alpha value is -3.39. The first-order chi connectivity index (χ1) is 15.9. The van der Waals surface area contributed by atoms with Crippen LogP contribution >= 0.6 is 11.6 Å². The Morgan fingerprint density at radius 3 is 2.58 bits per heavy atom. The minimum absolute atomic E-state index is 0.0542. The summed E-state index contributed by atoms with van der Waals surface area (Å²) in [7, 11) is 1.69. The smallest absolute Gasteiger partial charge is 0.321 e. The number of nitrogens with one attached hydrogen (secondary N) is 1. The number of likely N-dealkylation sites (tertiary alicyclic amines) is 1. The van der Waals surface area contributed by atoms with E-state index in [2.05, 4.69) is 15.5 Å². The van der Waals surface area contributed by atoms with Crippen molar-refractivity contribution in [1.82, 2.24) is 19.9 Å². The zero-order chi connectivity index (χ0) is 23.4. The first kappa shape index (κ1) is 22.8. The molecule has 0 spiro atoms. The molecule has 2 heterocycles. The fourth-order valence-electron chi connectivity index (χ4n) is 3.63. The van der Waals surface area contributed by atoms with Gasteiger partial charge in [0.15, 0.2) is 5.82 Å². The molecule has 3 aromatic rings. The molecule has 0 atom stereocenters. The van der Waals surface area contributed by atoms with Gasteiger partial charge in [-0.1, -0.05) is 22.8 Å². The van der Waals surface area contributed by atoms with E-state index in [9.17, 15) is 9.59 Å². The number of urea groups is 1. The molecule has 3 amide bonds. The highest BCUT2D eigenvalue weighted by atomic mass is 35.5. The lowest BCUT2D eigenvalue weighted by Crippen LogP contribution is -2.33. The van der Waals surface area contributed by atoms with Crippen molar-refractivity contribution in [2.75, 3.05) is 32.0 Å². The maximum absolute atomic E-state index is 12.5. The van der Waals surface area contributed by atoms with Crippen molar-refractivity contribution in [3.63, 3.8) is 0 Å². The minimum atomic E-state index is -0.275. The monoisotopic (exact) mass is 467 g/mol. The maximum Gasteiger partial charge on any atom is 0.321 e. The lowest BCUT2D eigenvalue weighted by atomic mass is 10.1. The van der Waals surface area contributed by atoms with Crippen molar-refractivity contribution in [2.45, 2.75) is 26.2 Å². The minimum Gasteiger partial charge on any atom is -0.339 e. The number of anilines is 1. The predicted octanol–water partition coefficient (Wildman–Crippen LogP) is 4.64. The predicted molar refractivity (Wildman–Crippen MR) is 126 cm³/mol. The molecular weight excluding hydrogens is 442 g/mol. The SMILES string of the molecule is Cc1ccc(NC(=O)N(C)CCc2noc(-c3ccc(C(=O)N4CCCC4)cc3)n2)c(Cl)c1. The number of hydrogen-bond acceptors (Lipinski definition) is 5. The summed E-state index contributed by atoms with van der Waals surface area (Å²) in [6, 6.07) is 12.4. The molecule has 0 unspecified atom stereocenters. The van der Waals surface area contributed by atoms with Crippen molar-refractivity contribution < 1.29 is 14.1 Å². The molecule has 1 aliphatic rings. The van der Waals surface area contributed by atoms with E-state index in [1.54, 1.807) is 31.3 Å². The van der Waals surface area contributed by atoms with Crippen LogP contribution in [0.1, 0.15) is 34.6 Å². The van der Waals surface area contributed by atoms with E-state index in [0.717, 1.165) is 37.1 Å². The van der Waals surface area contributed by atoms with Gasteiger partial charge in [0.05, 0.1) is 10.7 Å². The Bertz CT molecular complexity index is 1140. The Morgan fingerprint density at radius 1 is 1.15 bits per heavy atom. The zero-order valence-corrected chi connectivity index (χ0v) is 19.4. The number of rotatable bonds is 6. The lowest BCUT2D eigenvalue weighted by Gasteiger charge is -2.17. The van der Waals surface area contributed by atoms with Gasteiger partial charge in [0, 0.05) is 44.2 Å². The maximum atomic E-state index is 12.5. The molecule has 1 aromatic heterocycles. The Kier molecular flexibility index (Phi) is 6.93. The van der Waals surface area contributed by atoms with Crippen molar-refractivity contribution in [3.05, 3.63) is 64.4 Å². The van der Waals surface area contributed by atoms with Crippen molar-refractivity contribution in [3.8, 4) is 11.5 Å². The zero-order valence-electron chi connectivity index (χ0n) is 18.7. The molecule has 8 nitrogen and oxygen atoms in total. The van der Waals surface area contributed by atoms with Crippen LogP contribution in [0.15, 0.2) is 47.0 Å². The first-order valence-corrected chi connectivity index (χ1v) is 11.3. The number of hydrogen-bond donors (Lipinski definition) is 1. The van der Waals surface area contributed by atoms with Crippen LogP contribution in [0.5, 0.6) is 0 Å². The number of carbonyl (C=O) groups is 2. The Morgan fingerprint density at radius 2 is 1.88 bits per heavy atom. The van der Waals surface area contributed by atoms with Gasteiger partial charge >= 0.3 is 6.03 Å². The van der Waals surface area contributed by atoms with Crippen LogP contribution in [0.3, 0.4) is 0 Å². The highest BCUT2D eigenvalue weighted by molar-refractivity contribution is 6.33. The summed E-state index contributed by atoms with van der Waals surface area (Å²) in [5.41, 5.74) is 2.98. The highest BCUT2D eigenvalue weighted by Gasteiger charge is 2.20. The molecule has 1 saturated heterocycles. The van der Waals surface area contributed by atoms with E-state index in [1.165, 1.54) is 4.90 Å². The normalized spacial score (nSPS) is 13.2. The summed E-state index contributed by atoms with van der Waals surface area (Å²) in [5, 5.41) is 7.30. The number of nitrogens with zero attached hydrogens (tertiary/aromatic N) is 4. The van der Waals surface area contributed by atoms with E-state index >= 15 is 0 Å². The van der Waals surface area contributed by atoms with E-state index in [1.807, 2.05) is 30.0 Å². The first-order valence-electron chi connectivity index (χ1n) is 10.9. The van der Waals surface area contributed by atoms with Crippen LogP contribution in [-0.2, 0) is 6.42 Å². The number of aromatic nitrogens is 2. The highest BCUT2D eigenvalue weighted by Crippen LogP contribution is 2.23. The van der Waals surface area contributed by atoms with Crippen molar-refractivity contribution in [1.29, 1.82) is 0 Å². The Balaban J connectivity index is 1.32. The molecule has 0 bridgehead atoms. The fourth-order valence-corrected chi connectivity index (χ4v) is 3.91. The quantitative estimate of drug-likeness (QED) is 0.570. The van der Waals surface area contributed by atoms with Crippen molar-refractivity contribution in [2.24, 2.45) is 0 Å². The van der Waals surface area contributed by atoms with Crippen molar-refractivity contribution >= 4 is 29.2 Å². The third-order valence-electron chi connectivity index (χ3n) is 5.62. The van der Waals surface area contributed by atoms with Gasteiger partial charge in [-0.3, -0.25) is 4.79 Å². The summed E-state index contributed by atoms with van der Waals surface area (Å²) >= 11 is 6.19. The van der Waals surface area contributed by atoms with Gasteiger partial charge in [-0.05, 0) is 61.7 Å². The largest absolute Gasteiger partial charge is 0.339 e. The van der Waals surface area contributed by atoms with Gasteiger partial charge in [-0.25, -0.2) is 4.79 Å². The van der Waals surface area contributed by atoms with E-state index in [0.29, 0.717) is 41.0 Å². The molecule has 1 aliphatic heterocycles. The Labute approximate surface area is 197 Å². The van der Waals surface area contributed by atoms with E-state index in [4.69, 9.17) is 16.1 Å². The molecule has 1 N–H and O–H groups in total. The van der Waals surface area contributed by atoms with Gasteiger partial charge in [0.2, 0.25) is 0 Å². The average molecular weight is 468 g/mol. The van der Waals surface area contributed by atoms with Crippen LogP contribution in [0.25, 0.3) is 11.5 Å². The summed E-state index contributed by atoms with van der Waals surface area (Å²) < 4.78 is 5.37. The average Bonchev–Trinajstić information content (AvgIpc) is 3.51. The van der Waals surface area contributed by atoms with Gasteiger partial charge in [0.1, 0.15) is 0 Å². The number of carbonyl (C=O) groups excluding carboxylic acids is 2. The summed E-state index contributed by atoms with van der Waals surface area (Å²) in [4.78, 5) is 32.7. The van der Waals surface area contributed by atoms with Crippen LogP contribution in [0.2, 0.25) is 5.02 Å². The molecule has 0 aliphatic carbocycles. The topological polar surface area (TPSA) is 91.6 Å². The molecule has 0 radical (unpaired) electrons. The second kappa shape index (κ2) is 10.0. The van der Waals surface area contributed by atoms with Crippen LogP contribution in [0, 0.1) is 6.92 Å². The van der Waals surface area contributed by atoms with Crippen LogP contribution in [-0.4, -0.2) is 58.6 Å². The van der Waals surface area contributed by atoms with E-state index in [-0.39, 0.29) is 11.9 Å². The molecule has 1 fully saturated rings. The molecule has 4 rings (SSSR count). The second-order valence-electron chi connectivity index (χ2n) is 8.18. The standard InChI is InChI=1S/C24H26ClN5O3/c1-16-5-10-20(19(25)15-16)26-24(32)29(2)14-11-21-27-22(33-28-21)17-6-8-18(9-7-17)23(31)30-12-3-4-13-30/h5-10,15H,3-4,11-14H2,1-2H3,(H,26,32). The number of halogens is 1.